The molecule has 136 valence electrons. The first kappa shape index (κ1) is 17.5. The Balaban J connectivity index is 1.76. The highest BCUT2D eigenvalue weighted by Crippen LogP contribution is 2.34. The van der Waals surface area contributed by atoms with Gasteiger partial charge in [-0.15, -0.1) is 11.3 Å². The maximum absolute atomic E-state index is 13.1. The summed E-state index contributed by atoms with van der Waals surface area (Å²) in [6.45, 7) is 6.68. The lowest BCUT2D eigenvalue weighted by Gasteiger charge is -2.12. The molecule has 27 heavy (non-hydrogen) atoms. The predicted molar refractivity (Wildman–Crippen MR) is 111 cm³/mol. The van der Waals surface area contributed by atoms with Crippen LogP contribution in [0.25, 0.3) is 15.9 Å². The Hall–Kier alpha value is -2.92. The van der Waals surface area contributed by atoms with Crippen LogP contribution >= 0.6 is 11.3 Å². The number of rotatable bonds is 4. The third kappa shape index (κ3) is 3.15. The van der Waals surface area contributed by atoms with Gasteiger partial charge in [-0.1, -0.05) is 24.3 Å². The molecule has 0 saturated heterocycles. The molecule has 1 aromatic carbocycles. The molecular weight excluding hydrogens is 354 g/mol. The first-order chi connectivity index (χ1) is 13.1. The highest BCUT2D eigenvalue weighted by molar-refractivity contribution is 7.21. The van der Waals surface area contributed by atoms with Crippen LogP contribution in [0.15, 0.2) is 54.7 Å². The monoisotopic (exact) mass is 375 g/mol. The fourth-order valence-electron chi connectivity index (χ4n) is 3.38. The van der Waals surface area contributed by atoms with Crippen molar-refractivity contribution in [3.05, 3.63) is 82.1 Å². The molecule has 0 aliphatic heterocycles. The Labute approximate surface area is 162 Å². The Kier molecular flexibility index (Phi) is 4.54. The lowest BCUT2D eigenvalue weighted by Crippen LogP contribution is -2.23. The number of nitrogens with one attached hydrogen (secondary N) is 1. The fourth-order valence-corrected chi connectivity index (χ4v) is 4.43. The van der Waals surface area contributed by atoms with Crippen molar-refractivity contribution in [2.24, 2.45) is 0 Å². The van der Waals surface area contributed by atoms with Crippen molar-refractivity contribution >= 4 is 27.5 Å². The number of aromatic nitrogens is 2. The summed E-state index contributed by atoms with van der Waals surface area (Å²) in [7, 11) is 0. The molecule has 1 amide bonds. The van der Waals surface area contributed by atoms with Crippen LogP contribution in [-0.2, 0) is 6.54 Å². The first-order valence-corrected chi connectivity index (χ1v) is 9.73. The zero-order valence-corrected chi connectivity index (χ0v) is 16.4. The van der Waals surface area contributed by atoms with Crippen LogP contribution in [0.1, 0.15) is 32.2 Å². The first-order valence-electron chi connectivity index (χ1n) is 8.92. The van der Waals surface area contributed by atoms with Gasteiger partial charge in [0.15, 0.2) is 0 Å². The molecule has 0 bridgehead atoms. The third-order valence-corrected chi connectivity index (χ3v) is 5.94. The molecule has 0 radical (unpaired) electrons. The van der Waals surface area contributed by atoms with Crippen molar-refractivity contribution in [1.82, 2.24) is 14.9 Å². The molecule has 0 spiro atoms. The van der Waals surface area contributed by atoms with Crippen LogP contribution in [0.4, 0.5) is 0 Å². The molecule has 1 N–H and O–H groups in total. The van der Waals surface area contributed by atoms with Crippen molar-refractivity contribution in [1.29, 1.82) is 0 Å². The molecule has 0 saturated carbocycles. The fraction of sp³-hybridized carbons (Fsp3) is 0.182. The molecule has 3 heterocycles. The number of benzene rings is 1. The number of thiophene rings is 1. The van der Waals surface area contributed by atoms with E-state index in [1.54, 1.807) is 6.20 Å². The lowest BCUT2D eigenvalue weighted by atomic mass is 10.1. The van der Waals surface area contributed by atoms with E-state index in [9.17, 15) is 4.79 Å². The number of hydrogen-bond donors (Lipinski definition) is 1. The van der Waals surface area contributed by atoms with Gasteiger partial charge in [-0.05, 0) is 56.2 Å². The van der Waals surface area contributed by atoms with Crippen molar-refractivity contribution in [3.8, 4) is 5.69 Å². The van der Waals surface area contributed by atoms with Gasteiger partial charge in [-0.2, -0.15) is 0 Å². The van der Waals surface area contributed by atoms with Gasteiger partial charge in [0.2, 0.25) is 0 Å². The van der Waals surface area contributed by atoms with Gasteiger partial charge >= 0.3 is 0 Å². The van der Waals surface area contributed by atoms with E-state index in [1.165, 1.54) is 16.9 Å². The van der Waals surface area contributed by atoms with Gasteiger partial charge in [0.25, 0.3) is 5.91 Å². The van der Waals surface area contributed by atoms with Crippen LogP contribution in [0.3, 0.4) is 0 Å². The zero-order chi connectivity index (χ0) is 19.0. The lowest BCUT2D eigenvalue weighted by molar-refractivity contribution is 0.0955. The van der Waals surface area contributed by atoms with E-state index in [0.717, 1.165) is 32.9 Å². The molecular formula is C22H21N3OS. The maximum Gasteiger partial charge on any atom is 0.263 e. The molecule has 4 nitrogen and oxygen atoms in total. The average molecular weight is 375 g/mol. The minimum Gasteiger partial charge on any atom is -0.347 e. The molecule has 0 aliphatic rings. The molecule has 0 fully saturated rings. The molecule has 0 aliphatic carbocycles. The Bertz CT molecular complexity index is 1120. The van der Waals surface area contributed by atoms with Crippen molar-refractivity contribution in [2.45, 2.75) is 27.3 Å². The number of hydrogen-bond acceptors (Lipinski definition) is 3. The highest BCUT2D eigenvalue weighted by Gasteiger charge is 2.22. The molecule has 5 heteroatoms. The minimum absolute atomic E-state index is 0.0660. The van der Waals surface area contributed by atoms with Crippen LogP contribution in [-0.4, -0.2) is 15.5 Å². The van der Waals surface area contributed by atoms with Gasteiger partial charge in [0, 0.05) is 29.5 Å². The summed E-state index contributed by atoms with van der Waals surface area (Å²) in [4.78, 5) is 19.1. The van der Waals surface area contributed by atoms with Crippen molar-refractivity contribution in [3.63, 3.8) is 0 Å². The summed E-state index contributed by atoms with van der Waals surface area (Å²) >= 11 is 1.44. The van der Waals surface area contributed by atoms with Crippen molar-refractivity contribution in [2.75, 3.05) is 0 Å². The van der Waals surface area contributed by atoms with Crippen LogP contribution < -0.4 is 5.32 Å². The molecule has 3 aromatic heterocycles. The number of pyridine rings is 1. The van der Waals surface area contributed by atoms with Gasteiger partial charge < -0.3 is 9.88 Å². The third-order valence-electron chi connectivity index (χ3n) is 4.84. The number of nitrogens with zero attached hydrogens (tertiary/aromatic N) is 2. The Morgan fingerprint density at radius 1 is 1.04 bits per heavy atom. The number of carbonyl (C=O) groups excluding carboxylic acids is 1. The topological polar surface area (TPSA) is 46.9 Å². The van der Waals surface area contributed by atoms with E-state index >= 15 is 0 Å². The number of carbonyl (C=O) groups is 1. The summed E-state index contributed by atoms with van der Waals surface area (Å²) in [5.74, 6) is -0.0660. The minimum atomic E-state index is -0.0660. The largest absolute Gasteiger partial charge is 0.347 e. The number of aryl methyl sites for hydroxylation is 3. The second kappa shape index (κ2) is 7.00. The Morgan fingerprint density at radius 3 is 2.52 bits per heavy atom. The van der Waals surface area contributed by atoms with Gasteiger partial charge in [-0.25, -0.2) is 4.98 Å². The van der Waals surface area contributed by atoms with Gasteiger partial charge in [0.05, 0.1) is 5.69 Å². The molecule has 0 unspecified atom stereocenters. The predicted octanol–water partition coefficient (Wildman–Crippen LogP) is 4.94. The molecule has 4 aromatic rings. The molecule has 0 atom stereocenters. The quantitative estimate of drug-likeness (QED) is 0.549. The second-order valence-corrected chi connectivity index (χ2v) is 7.70. The maximum atomic E-state index is 13.1. The smallest absolute Gasteiger partial charge is 0.263 e. The summed E-state index contributed by atoms with van der Waals surface area (Å²) in [6, 6.07) is 16.2. The summed E-state index contributed by atoms with van der Waals surface area (Å²) < 4.78 is 2.14. The summed E-state index contributed by atoms with van der Waals surface area (Å²) in [6.07, 6.45) is 1.77. The van der Waals surface area contributed by atoms with Crippen LogP contribution in [0.5, 0.6) is 0 Å². The van der Waals surface area contributed by atoms with E-state index in [0.29, 0.717) is 11.4 Å². The van der Waals surface area contributed by atoms with E-state index in [4.69, 9.17) is 0 Å². The summed E-state index contributed by atoms with van der Waals surface area (Å²) in [5.41, 5.74) is 5.42. The normalized spacial score (nSPS) is 11.1. The van der Waals surface area contributed by atoms with E-state index in [1.807, 2.05) is 30.3 Å². The zero-order valence-electron chi connectivity index (χ0n) is 15.6. The highest BCUT2D eigenvalue weighted by atomic mass is 32.1. The van der Waals surface area contributed by atoms with Gasteiger partial charge in [0.1, 0.15) is 9.71 Å². The number of amides is 1. The van der Waals surface area contributed by atoms with Crippen LogP contribution in [0, 0.1) is 20.8 Å². The number of fused-ring (bicyclic) bond motifs is 1. The van der Waals surface area contributed by atoms with Gasteiger partial charge in [-0.3, -0.25) is 4.79 Å². The summed E-state index contributed by atoms with van der Waals surface area (Å²) in [5, 5.41) is 4.09. The Morgan fingerprint density at radius 2 is 1.78 bits per heavy atom. The van der Waals surface area contributed by atoms with E-state index in [-0.39, 0.29) is 5.91 Å². The SMILES string of the molecule is Cc1ccccc1CNC(=O)c1sc2ncccc2c1-n1c(C)ccc1C. The second-order valence-electron chi connectivity index (χ2n) is 6.70. The van der Waals surface area contributed by atoms with E-state index in [2.05, 4.69) is 53.8 Å². The average Bonchev–Trinajstić information content (AvgIpc) is 3.20. The van der Waals surface area contributed by atoms with Crippen molar-refractivity contribution < 1.29 is 4.79 Å². The molecule has 4 rings (SSSR count). The van der Waals surface area contributed by atoms with Crippen LogP contribution in [0.2, 0.25) is 0 Å². The van der Waals surface area contributed by atoms with E-state index < -0.39 is 0 Å². The standard InChI is InChI=1S/C22H21N3OS/c1-14-7-4-5-8-17(14)13-24-21(26)20-19(25-15(2)10-11-16(25)3)18-9-6-12-23-22(18)27-20/h4-12H,13H2,1-3H3,(H,24,26).